The number of carbonyl (C=O) groups excluding carboxylic acids is 8. The molecule has 460 valence electrons. The molecule has 82 heavy (non-hydrogen) atoms. The fourth-order valence-corrected chi connectivity index (χ4v) is 8.70. The quantitative estimate of drug-likeness (QED) is 0.0451. The van der Waals surface area contributed by atoms with Crippen molar-refractivity contribution >= 4 is 47.8 Å². The molecular weight excluding hydrogens is 1100 g/mol. The second kappa shape index (κ2) is 34.9. The van der Waals surface area contributed by atoms with Gasteiger partial charge in [0.15, 0.2) is 49.1 Å². The fraction of sp³-hybridized carbons (Fsp3) is 0.760. The first-order chi connectivity index (χ1) is 39.3. The molecule has 3 aliphatic heterocycles. The number of carbonyl (C=O) groups is 8. The van der Waals surface area contributed by atoms with Gasteiger partial charge in [0.2, 0.25) is 0 Å². The lowest BCUT2D eigenvalue weighted by Crippen LogP contribution is -2.60. The highest BCUT2D eigenvalue weighted by molar-refractivity contribution is 5.70. The molecule has 5 heterocycles. The average molecular weight is 1170 g/mol. The number of aromatic nitrogens is 6. The predicted octanol–water partition coefficient (Wildman–Crippen LogP) is -1.20. The highest BCUT2D eigenvalue weighted by atomic mass is 16.7. The first-order valence-corrected chi connectivity index (χ1v) is 26.6. The summed E-state index contributed by atoms with van der Waals surface area (Å²) in [5, 5.41) is 16.4. The number of hydrogen-bond donors (Lipinski definition) is 0. The van der Waals surface area contributed by atoms with Gasteiger partial charge in [-0.15, -0.1) is 10.2 Å². The molecule has 3 aliphatic rings. The largest absolute Gasteiger partial charge is 0.463 e. The Hall–Kier alpha value is -6.36. The third kappa shape index (κ3) is 23.1. The molecule has 2 aromatic rings. The first-order valence-electron chi connectivity index (χ1n) is 26.6. The Kier molecular flexibility index (Phi) is 28.3. The van der Waals surface area contributed by atoms with Gasteiger partial charge in [0, 0.05) is 94.7 Å². The highest BCUT2D eigenvalue weighted by Gasteiger charge is 2.55. The van der Waals surface area contributed by atoms with Crippen molar-refractivity contribution in [3.63, 3.8) is 0 Å². The molecule has 5 rings (SSSR count). The summed E-state index contributed by atoms with van der Waals surface area (Å²) in [5.74, 6) is -5.74. The summed E-state index contributed by atoms with van der Waals surface area (Å²) >= 11 is 0. The minimum absolute atomic E-state index is 0.0419. The van der Waals surface area contributed by atoms with Gasteiger partial charge in [-0.05, 0) is 0 Å². The molecule has 32 heteroatoms. The van der Waals surface area contributed by atoms with E-state index in [1.807, 2.05) is 0 Å². The van der Waals surface area contributed by atoms with Crippen LogP contribution in [0, 0.1) is 0 Å². The number of rotatable bonds is 34. The lowest BCUT2D eigenvalue weighted by molar-refractivity contribution is -0.270. The van der Waals surface area contributed by atoms with Gasteiger partial charge in [-0.25, -0.2) is 9.36 Å². The minimum Gasteiger partial charge on any atom is -0.463 e. The van der Waals surface area contributed by atoms with Gasteiger partial charge in [0.05, 0.1) is 91.7 Å². The molecular formula is C50H76N8O24. The van der Waals surface area contributed by atoms with Crippen molar-refractivity contribution in [3.8, 4) is 0 Å². The standard InChI is InChI=1S/C50H76N8O24/c1-31(59)73-29-41-43(75-33(3)61)45(77-35(5)63)47(79-37(7)65)49(81-41)57-25-39(51-53-57)27-71-23-21-69-19-17-67-15-13-55-9-11-56(12-10-55)14-16-68-18-20-70-22-24-72-28-40-26-58(54-52-40)50-48(80-38(8)66)46(78-36(6)64)44(76-34(4)62)42(82-50)30-74-32(2)60/h25-26,41-50H,9-24,27-30H2,1-8H3/t41-,42-,43+,44+,45+,46+,47-,48-,49-,50-/m1/s1. The van der Waals surface area contributed by atoms with Crippen molar-refractivity contribution < 1.29 is 114 Å². The first kappa shape index (κ1) is 66.4. The molecule has 0 unspecified atom stereocenters. The highest BCUT2D eigenvalue weighted by Crippen LogP contribution is 2.36. The van der Waals surface area contributed by atoms with E-state index in [4.69, 9.17) is 75.8 Å². The Bertz CT molecular complexity index is 2190. The maximum absolute atomic E-state index is 12.2. The predicted molar refractivity (Wildman–Crippen MR) is 270 cm³/mol. The van der Waals surface area contributed by atoms with Crippen LogP contribution in [0.3, 0.4) is 0 Å². The van der Waals surface area contributed by atoms with E-state index in [2.05, 4.69) is 30.4 Å². The lowest BCUT2D eigenvalue weighted by Gasteiger charge is -2.44. The summed E-state index contributed by atoms with van der Waals surface area (Å²) in [6.07, 6.45) is -9.76. The van der Waals surface area contributed by atoms with Crippen LogP contribution in [0.4, 0.5) is 0 Å². The SMILES string of the molecule is CC(=O)OC[C@H]1O[C@@H](n2cc(COCCOCCOCCN3CCN(CCOCCOCCOCc4cn([C@@H]5O[C@H](COC(C)=O)[C@H](OC(C)=O)[C@H](OC(C)=O)[C@H]5OC(C)=O)nn4)CC3)nn2)[C@H](OC(C)=O)[C@@H](OC(C)=O)[C@H]1OC(C)=O. The Balaban J connectivity index is 0.887. The summed E-state index contributed by atoms with van der Waals surface area (Å²) in [4.78, 5) is 101. The van der Waals surface area contributed by atoms with E-state index in [-0.39, 0.29) is 39.6 Å². The van der Waals surface area contributed by atoms with Crippen LogP contribution >= 0.6 is 0 Å². The minimum atomic E-state index is -1.35. The van der Waals surface area contributed by atoms with E-state index >= 15 is 0 Å². The summed E-state index contributed by atoms with van der Waals surface area (Å²) in [5.41, 5.74) is 0.773. The fourth-order valence-electron chi connectivity index (χ4n) is 8.70. The van der Waals surface area contributed by atoms with Crippen LogP contribution in [0.25, 0.3) is 0 Å². The van der Waals surface area contributed by atoms with E-state index in [0.29, 0.717) is 64.2 Å². The summed E-state index contributed by atoms with van der Waals surface area (Å²) in [6.45, 7) is 17.5. The maximum atomic E-state index is 12.2. The van der Waals surface area contributed by atoms with Crippen molar-refractivity contribution in [2.45, 2.75) is 130 Å². The summed E-state index contributed by atoms with van der Waals surface area (Å²) < 4.78 is 92.1. The molecule has 0 spiro atoms. The molecule has 0 amide bonds. The van der Waals surface area contributed by atoms with Gasteiger partial charge in [-0.2, -0.15) is 0 Å². The van der Waals surface area contributed by atoms with Gasteiger partial charge in [-0.3, -0.25) is 48.2 Å². The zero-order valence-electron chi connectivity index (χ0n) is 47.4. The number of ether oxygens (including phenoxy) is 16. The number of esters is 8. The number of hydrogen-bond acceptors (Lipinski definition) is 30. The van der Waals surface area contributed by atoms with Gasteiger partial charge in [-0.1, -0.05) is 10.4 Å². The van der Waals surface area contributed by atoms with Crippen molar-refractivity contribution in [2.24, 2.45) is 0 Å². The van der Waals surface area contributed by atoms with Crippen LogP contribution in [0.1, 0.15) is 79.2 Å². The zero-order chi connectivity index (χ0) is 59.6. The van der Waals surface area contributed by atoms with Gasteiger partial charge >= 0.3 is 47.8 Å². The molecule has 32 nitrogen and oxygen atoms in total. The monoisotopic (exact) mass is 1170 g/mol. The van der Waals surface area contributed by atoms with E-state index in [1.54, 1.807) is 0 Å². The smallest absolute Gasteiger partial charge is 0.303 e. The molecule has 0 radical (unpaired) electrons. The molecule has 2 aromatic heterocycles. The molecule has 0 saturated carbocycles. The van der Waals surface area contributed by atoms with Crippen molar-refractivity contribution in [1.82, 2.24) is 39.8 Å². The van der Waals surface area contributed by atoms with E-state index < -0.39 is 109 Å². The zero-order valence-corrected chi connectivity index (χ0v) is 47.4. The van der Waals surface area contributed by atoms with E-state index in [1.165, 1.54) is 35.6 Å². The van der Waals surface area contributed by atoms with Crippen LogP contribution in [0.2, 0.25) is 0 Å². The number of nitrogens with zero attached hydrogens (tertiary/aromatic N) is 8. The Morgan fingerprint density at radius 2 is 0.695 bits per heavy atom. The molecule has 0 N–H and O–H groups in total. The van der Waals surface area contributed by atoms with Gasteiger partial charge in [0.1, 0.15) is 36.8 Å². The molecule has 3 saturated heterocycles. The molecule has 10 atom stereocenters. The third-order valence-electron chi connectivity index (χ3n) is 12.1. The second-order valence-electron chi connectivity index (χ2n) is 18.8. The van der Waals surface area contributed by atoms with E-state index in [0.717, 1.165) is 80.8 Å². The topological polar surface area (TPSA) is 352 Å². The summed E-state index contributed by atoms with van der Waals surface area (Å²) in [6, 6.07) is 0. The van der Waals surface area contributed by atoms with Crippen LogP contribution in [0.5, 0.6) is 0 Å². The van der Waals surface area contributed by atoms with Crippen LogP contribution < -0.4 is 0 Å². The molecule has 0 aliphatic carbocycles. The second-order valence-corrected chi connectivity index (χ2v) is 18.8. The van der Waals surface area contributed by atoms with Crippen molar-refractivity contribution in [1.29, 1.82) is 0 Å². The number of piperazine rings is 1. The Morgan fingerprint density at radius 1 is 0.402 bits per heavy atom. The van der Waals surface area contributed by atoms with Crippen molar-refractivity contribution in [2.75, 3.05) is 119 Å². The van der Waals surface area contributed by atoms with Crippen molar-refractivity contribution in [3.05, 3.63) is 23.8 Å². The van der Waals surface area contributed by atoms with E-state index in [9.17, 15) is 38.4 Å². The third-order valence-corrected chi connectivity index (χ3v) is 12.1. The summed E-state index contributed by atoms with van der Waals surface area (Å²) in [7, 11) is 0. The van der Waals surface area contributed by atoms with Crippen LogP contribution in [-0.2, 0) is 127 Å². The molecule has 0 aromatic carbocycles. The average Bonchev–Trinajstić information content (AvgIpc) is 4.20. The Morgan fingerprint density at radius 3 is 1.01 bits per heavy atom. The Labute approximate surface area is 472 Å². The lowest BCUT2D eigenvalue weighted by atomic mass is 9.97. The van der Waals surface area contributed by atoms with Gasteiger partial charge < -0.3 is 75.8 Å². The normalized spacial score (nSPS) is 24.0. The molecule has 3 fully saturated rings. The maximum Gasteiger partial charge on any atom is 0.303 e. The molecule has 0 bridgehead atoms. The van der Waals surface area contributed by atoms with Gasteiger partial charge in [0.25, 0.3) is 0 Å². The van der Waals surface area contributed by atoms with Crippen LogP contribution in [0.15, 0.2) is 12.4 Å². The van der Waals surface area contributed by atoms with Crippen LogP contribution in [-0.4, -0.2) is 255 Å².